The van der Waals surface area contributed by atoms with Crippen LogP contribution in [0, 0.1) is 0 Å². The quantitative estimate of drug-likeness (QED) is 0.910. The van der Waals surface area contributed by atoms with Crippen LogP contribution in [-0.2, 0) is 13.0 Å². The summed E-state index contributed by atoms with van der Waals surface area (Å²) in [6, 6.07) is 9.42. The Hall–Kier alpha value is -2.20. The van der Waals surface area contributed by atoms with Crippen LogP contribution in [0.1, 0.15) is 11.1 Å². The zero-order chi connectivity index (χ0) is 14.8. The number of hydrogen-bond donors (Lipinski definition) is 2. The van der Waals surface area contributed by atoms with Gasteiger partial charge in [0.2, 0.25) is 0 Å². The fraction of sp³-hybridized carbons (Fsp3) is 0.294. The Kier molecular flexibility index (Phi) is 3.71. The van der Waals surface area contributed by atoms with E-state index in [0.717, 1.165) is 42.0 Å². The maximum Gasteiger partial charge on any atom is 0.130 e. The molecule has 0 saturated heterocycles. The maximum absolute atomic E-state index is 10.4. The van der Waals surface area contributed by atoms with Gasteiger partial charge in [0.25, 0.3) is 0 Å². The first kappa shape index (κ1) is 13.8. The number of phenolic OH excluding ortho intramolecular Hbond substituents is 1. The molecule has 0 unspecified atom stereocenters. The number of methoxy groups -OCH3 is 2. The molecule has 2 aromatic carbocycles. The molecule has 0 aliphatic carbocycles. The number of nitrogens with one attached hydrogen (secondary N) is 1. The fourth-order valence-electron chi connectivity index (χ4n) is 2.86. The number of hydrogen-bond acceptors (Lipinski definition) is 4. The van der Waals surface area contributed by atoms with Crippen LogP contribution in [0.5, 0.6) is 17.2 Å². The maximum atomic E-state index is 10.4. The van der Waals surface area contributed by atoms with Crippen LogP contribution in [0.2, 0.25) is 0 Å². The predicted molar refractivity (Wildman–Crippen MR) is 82.1 cm³/mol. The van der Waals surface area contributed by atoms with E-state index >= 15 is 0 Å². The van der Waals surface area contributed by atoms with Crippen LogP contribution < -0.4 is 14.8 Å². The predicted octanol–water partition coefficient (Wildman–Crippen LogP) is 2.72. The van der Waals surface area contributed by atoms with E-state index in [1.807, 2.05) is 24.3 Å². The van der Waals surface area contributed by atoms with Gasteiger partial charge in [-0.1, -0.05) is 6.07 Å². The number of rotatable bonds is 3. The highest BCUT2D eigenvalue weighted by Crippen LogP contribution is 2.41. The lowest BCUT2D eigenvalue weighted by atomic mass is 9.90. The monoisotopic (exact) mass is 285 g/mol. The Balaban J connectivity index is 2.20. The van der Waals surface area contributed by atoms with Crippen molar-refractivity contribution in [2.24, 2.45) is 0 Å². The van der Waals surface area contributed by atoms with E-state index in [2.05, 4.69) is 5.32 Å². The molecule has 4 nitrogen and oxygen atoms in total. The molecule has 1 aliphatic heterocycles. The highest BCUT2D eigenvalue weighted by molar-refractivity contribution is 5.80. The van der Waals surface area contributed by atoms with Gasteiger partial charge in [-0.25, -0.2) is 0 Å². The van der Waals surface area contributed by atoms with Crippen molar-refractivity contribution >= 4 is 0 Å². The first-order valence-corrected chi connectivity index (χ1v) is 7.01. The van der Waals surface area contributed by atoms with Gasteiger partial charge in [-0.2, -0.15) is 0 Å². The molecule has 21 heavy (non-hydrogen) atoms. The molecule has 0 radical (unpaired) electrons. The van der Waals surface area contributed by atoms with E-state index in [4.69, 9.17) is 9.47 Å². The third-order valence-electron chi connectivity index (χ3n) is 3.94. The van der Waals surface area contributed by atoms with Gasteiger partial charge in [-0.05, 0) is 42.3 Å². The molecule has 1 aliphatic rings. The topological polar surface area (TPSA) is 50.7 Å². The number of fused-ring (bicyclic) bond motifs is 1. The van der Waals surface area contributed by atoms with Crippen LogP contribution in [0.4, 0.5) is 0 Å². The van der Waals surface area contributed by atoms with Gasteiger partial charge in [-0.15, -0.1) is 0 Å². The van der Waals surface area contributed by atoms with Crippen molar-refractivity contribution in [3.63, 3.8) is 0 Å². The van der Waals surface area contributed by atoms with Crippen molar-refractivity contribution in [2.45, 2.75) is 13.0 Å². The minimum atomic E-state index is 0.279. The van der Waals surface area contributed by atoms with E-state index < -0.39 is 0 Å². The number of benzene rings is 2. The summed E-state index contributed by atoms with van der Waals surface area (Å²) >= 11 is 0. The Morgan fingerprint density at radius 1 is 1.10 bits per heavy atom. The van der Waals surface area contributed by atoms with Crippen molar-refractivity contribution in [3.05, 3.63) is 41.5 Å². The minimum absolute atomic E-state index is 0.279. The lowest BCUT2D eigenvalue weighted by molar-refractivity contribution is 0.395. The molecule has 0 atom stereocenters. The van der Waals surface area contributed by atoms with E-state index in [1.165, 1.54) is 5.56 Å². The van der Waals surface area contributed by atoms with Crippen LogP contribution >= 0.6 is 0 Å². The van der Waals surface area contributed by atoms with Gasteiger partial charge >= 0.3 is 0 Å². The summed E-state index contributed by atoms with van der Waals surface area (Å²) < 4.78 is 10.7. The molecular weight excluding hydrogens is 266 g/mol. The smallest absolute Gasteiger partial charge is 0.130 e. The molecule has 2 aromatic rings. The minimum Gasteiger partial charge on any atom is -0.507 e. The number of ether oxygens (including phenoxy) is 2. The number of phenols is 1. The molecule has 3 rings (SSSR count). The summed E-state index contributed by atoms with van der Waals surface area (Å²) in [4.78, 5) is 0. The molecule has 0 spiro atoms. The largest absolute Gasteiger partial charge is 0.507 e. The highest BCUT2D eigenvalue weighted by Gasteiger charge is 2.20. The van der Waals surface area contributed by atoms with Crippen molar-refractivity contribution in [3.8, 4) is 28.4 Å². The third-order valence-corrected chi connectivity index (χ3v) is 3.94. The zero-order valence-electron chi connectivity index (χ0n) is 12.3. The molecule has 110 valence electrons. The molecular formula is C17H19NO3. The molecule has 0 saturated carbocycles. The van der Waals surface area contributed by atoms with E-state index in [0.29, 0.717) is 5.75 Å². The van der Waals surface area contributed by atoms with Crippen molar-refractivity contribution in [1.29, 1.82) is 0 Å². The molecule has 0 bridgehead atoms. The second-order valence-corrected chi connectivity index (χ2v) is 5.09. The van der Waals surface area contributed by atoms with Crippen molar-refractivity contribution in [1.82, 2.24) is 5.32 Å². The Morgan fingerprint density at radius 2 is 1.95 bits per heavy atom. The first-order chi connectivity index (χ1) is 10.2. The van der Waals surface area contributed by atoms with Gasteiger partial charge in [0.15, 0.2) is 0 Å². The summed E-state index contributed by atoms with van der Waals surface area (Å²) in [7, 11) is 3.25. The zero-order valence-corrected chi connectivity index (χ0v) is 12.3. The number of aromatic hydroxyl groups is 1. The van der Waals surface area contributed by atoms with Gasteiger partial charge in [0.1, 0.15) is 17.2 Å². The van der Waals surface area contributed by atoms with Crippen LogP contribution in [-0.4, -0.2) is 25.9 Å². The molecule has 0 fully saturated rings. The first-order valence-electron chi connectivity index (χ1n) is 7.01. The molecule has 0 aromatic heterocycles. The van der Waals surface area contributed by atoms with Gasteiger partial charge in [0, 0.05) is 23.7 Å². The van der Waals surface area contributed by atoms with Crippen molar-refractivity contribution < 1.29 is 14.6 Å². The Morgan fingerprint density at radius 3 is 2.71 bits per heavy atom. The van der Waals surface area contributed by atoms with Crippen LogP contribution in [0.15, 0.2) is 30.3 Å². The normalized spacial score (nSPS) is 13.6. The van der Waals surface area contributed by atoms with Crippen LogP contribution in [0.25, 0.3) is 11.1 Å². The Bertz CT molecular complexity index is 667. The van der Waals surface area contributed by atoms with Crippen molar-refractivity contribution in [2.75, 3.05) is 20.8 Å². The second kappa shape index (κ2) is 5.66. The summed E-state index contributed by atoms with van der Waals surface area (Å²) in [5, 5.41) is 13.7. The molecule has 2 N–H and O–H groups in total. The Labute approximate surface area is 124 Å². The fourth-order valence-corrected chi connectivity index (χ4v) is 2.86. The average molecular weight is 285 g/mol. The van der Waals surface area contributed by atoms with Gasteiger partial charge in [-0.3, -0.25) is 0 Å². The molecule has 0 amide bonds. The average Bonchev–Trinajstić information content (AvgIpc) is 2.54. The van der Waals surface area contributed by atoms with E-state index in [-0.39, 0.29) is 5.75 Å². The van der Waals surface area contributed by atoms with Gasteiger partial charge < -0.3 is 19.9 Å². The summed E-state index contributed by atoms with van der Waals surface area (Å²) in [6.45, 7) is 1.73. The highest BCUT2D eigenvalue weighted by atomic mass is 16.5. The van der Waals surface area contributed by atoms with Crippen LogP contribution in [0.3, 0.4) is 0 Å². The summed E-state index contributed by atoms with van der Waals surface area (Å²) in [6.07, 6.45) is 0.973. The SMILES string of the molecule is COc1ccc(-c2c(O)ccc3c2CNCC3)c(OC)c1. The van der Waals surface area contributed by atoms with E-state index in [9.17, 15) is 5.11 Å². The molecule has 4 heteroatoms. The van der Waals surface area contributed by atoms with E-state index in [1.54, 1.807) is 20.3 Å². The summed E-state index contributed by atoms with van der Waals surface area (Å²) in [5.74, 6) is 1.71. The summed E-state index contributed by atoms with van der Waals surface area (Å²) in [5.41, 5.74) is 4.15. The molecule has 1 heterocycles. The second-order valence-electron chi connectivity index (χ2n) is 5.09. The lowest BCUT2D eigenvalue weighted by Crippen LogP contribution is -2.24. The standard InChI is InChI=1S/C17H19NO3/c1-20-12-4-5-13(16(9-12)21-2)17-14-10-18-8-7-11(14)3-6-15(17)19/h3-6,9,18-19H,7-8,10H2,1-2H3. The van der Waals surface area contributed by atoms with Gasteiger partial charge in [0.05, 0.1) is 14.2 Å². The third kappa shape index (κ3) is 2.43. The lowest BCUT2D eigenvalue weighted by Gasteiger charge is -2.22.